The zero-order valence-electron chi connectivity index (χ0n) is 21.3. The summed E-state index contributed by atoms with van der Waals surface area (Å²) < 4.78 is 48.8. The lowest BCUT2D eigenvalue weighted by Gasteiger charge is -2.39. The molecular weight excluding hydrogens is 508 g/mol. The molecule has 8 nitrogen and oxygen atoms in total. The Labute approximate surface area is 221 Å². The van der Waals surface area contributed by atoms with Gasteiger partial charge in [-0.3, -0.25) is 4.18 Å². The van der Waals surface area contributed by atoms with E-state index in [9.17, 15) is 12.6 Å². The van der Waals surface area contributed by atoms with Gasteiger partial charge in [0.1, 0.15) is 17.9 Å². The molecule has 0 bridgehead atoms. The van der Waals surface area contributed by atoms with Gasteiger partial charge in [0.15, 0.2) is 11.1 Å². The SMILES string of the molecule is COS(=O)C1(c2ccc(CN3C(C)CCC(c4ccccc4)S3(=O)=O)cc2)CCC(n2cnnc2)CC1. The van der Waals surface area contributed by atoms with Crippen LogP contribution in [0.3, 0.4) is 0 Å². The van der Waals surface area contributed by atoms with Gasteiger partial charge in [-0.1, -0.05) is 54.6 Å². The Morgan fingerprint density at radius 3 is 2.24 bits per heavy atom. The van der Waals surface area contributed by atoms with Gasteiger partial charge >= 0.3 is 0 Å². The van der Waals surface area contributed by atoms with Crippen molar-refractivity contribution < 1.29 is 16.8 Å². The summed E-state index contributed by atoms with van der Waals surface area (Å²) in [6.07, 6.45) is 8.04. The van der Waals surface area contributed by atoms with E-state index in [2.05, 4.69) is 10.2 Å². The second-order valence-electron chi connectivity index (χ2n) is 10.1. The lowest BCUT2D eigenvalue weighted by atomic mass is 9.80. The van der Waals surface area contributed by atoms with Gasteiger partial charge in [-0.05, 0) is 62.1 Å². The predicted molar refractivity (Wildman–Crippen MR) is 143 cm³/mol. The Kier molecular flexibility index (Phi) is 7.63. The molecule has 0 spiro atoms. The van der Waals surface area contributed by atoms with Crippen LogP contribution in [0.2, 0.25) is 0 Å². The van der Waals surface area contributed by atoms with Crippen LogP contribution in [0.5, 0.6) is 0 Å². The first kappa shape index (κ1) is 26.2. The molecule has 0 amide bonds. The standard InChI is InChI=1S/C27H34N4O4S2/c1-21-8-13-26(23-6-4-3-5-7-23)37(33,34)31(21)18-22-9-11-24(12-10-22)27(36(32)35-2)16-14-25(15-17-27)30-19-28-29-20-30/h3-7,9-12,19-21,25-26H,8,13-18H2,1-2H3. The van der Waals surface area contributed by atoms with E-state index in [1.54, 1.807) is 17.0 Å². The Hall–Kier alpha value is -2.40. The summed E-state index contributed by atoms with van der Waals surface area (Å²) in [7, 11) is -2.01. The summed E-state index contributed by atoms with van der Waals surface area (Å²) in [4.78, 5) is 0. The lowest BCUT2D eigenvalue weighted by Crippen LogP contribution is -2.44. The van der Waals surface area contributed by atoms with Crippen molar-refractivity contribution in [1.82, 2.24) is 19.1 Å². The first-order valence-electron chi connectivity index (χ1n) is 12.8. The van der Waals surface area contributed by atoms with Crippen LogP contribution in [0.25, 0.3) is 0 Å². The monoisotopic (exact) mass is 542 g/mol. The Morgan fingerprint density at radius 2 is 1.62 bits per heavy atom. The number of nitrogens with zero attached hydrogens (tertiary/aromatic N) is 4. The van der Waals surface area contributed by atoms with Crippen LogP contribution in [0.15, 0.2) is 67.3 Å². The first-order chi connectivity index (χ1) is 17.8. The highest BCUT2D eigenvalue weighted by Gasteiger charge is 2.44. The van der Waals surface area contributed by atoms with Crippen LogP contribution in [0.4, 0.5) is 0 Å². The van der Waals surface area contributed by atoms with Crippen molar-refractivity contribution in [3.05, 3.63) is 83.9 Å². The van der Waals surface area contributed by atoms with E-state index in [0.29, 0.717) is 25.8 Å². The normalized spacial score (nSPS) is 29.1. The molecule has 2 aromatic carbocycles. The van der Waals surface area contributed by atoms with Crippen LogP contribution in [0.1, 0.15) is 73.4 Å². The molecule has 1 saturated heterocycles. The average Bonchev–Trinajstić information content (AvgIpc) is 3.46. The van der Waals surface area contributed by atoms with E-state index in [1.807, 2.05) is 66.1 Å². The van der Waals surface area contributed by atoms with E-state index in [0.717, 1.165) is 36.0 Å². The van der Waals surface area contributed by atoms with Gasteiger partial charge in [-0.25, -0.2) is 12.6 Å². The van der Waals surface area contributed by atoms with Crippen LogP contribution in [0, 0.1) is 0 Å². The van der Waals surface area contributed by atoms with E-state index in [4.69, 9.17) is 4.18 Å². The summed E-state index contributed by atoms with van der Waals surface area (Å²) >= 11 is -1.49. The number of hydrogen-bond acceptors (Lipinski definition) is 6. The van der Waals surface area contributed by atoms with Crippen LogP contribution in [-0.2, 0) is 36.6 Å². The van der Waals surface area contributed by atoms with Gasteiger partial charge in [0.05, 0.1) is 11.9 Å². The molecule has 1 saturated carbocycles. The number of rotatable bonds is 7. The number of hydrogen-bond donors (Lipinski definition) is 0. The van der Waals surface area contributed by atoms with Crippen molar-refractivity contribution in [2.75, 3.05) is 7.11 Å². The maximum atomic E-state index is 13.6. The zero-order valence-corrected chi connectivity index (χ0v) is 22.9. The highest BCUT2D eigenvalue weighted by atomic mass is 32.2. The second-order valence-corrected chi connectivity index (χ2v) is 13.8. The predicted octanol–water partition coefficient (Wildman–Crippen LogP) is 4.65. The maximum absolute atomic E-state index is 13.6. The van der Waals surface area contributed by atoms with Crippen molar-refractivity contribution in [3.63, 3.8) is 0 Å². The summed E-state index contributed by atoms with van der Waals surface area (Å²) in [6, 6.07) is 17.7. The summed E-state index contributed by atoms with van der Waals surface area (Å²) in [5.41, 5.74) is 2.74. The summed E-state index contributed by atoms with van der Waals surface area (Å²) in [5.74, 6) is 0. The largest absolute Gasteiger partial charge is 0.317 e. The maximum Gasteiger partial charge on any atom is 0.221 e. The fourth-order valence-corrected chi connectivity index (χ4v) is 9.34. The molecule has 2 aliphatic rings. The van der Waals surface area contributed by atoms with Gasteiger partial charge in [-0.2, -0.15) is 4.31 Å². The van der Waals surface area contributed by atoms with Gasteiger partial charge < -0.3 is 4.57 Å². The Balaban J connectivity index is 1.35. The molecule has 3 atom stereocenters. The average molecular weight is 543 g/mol. The highest BCUT2D eigenvalue weighted by Crippen LogP contribution is 2.46. The van der Waals surface area contributed by atoms with Gasteiger partial charge in [0.25, 0.3) is 0 Å². The number of aromatic nitrogens is 3. The quantitative estimate of drug-likeness (QED) is 0.431. The Morgan fingerprint density at radius 1 is 0.973 bits per heavy atom. The molecule has 3 unspecified atom stereocenters. The number of benzene rings is 2. The van der Waals surface area contributed by atoms with Crippen LogP contribution < -0.4 is 0 Å². The molecule has 1 aliphatic carbocycles. The highest BCUT2D eigenvalue weighted by molar-refractivity contribution is 7.89. The minimum atomic E-state index is -3.50. The van der Waals surface area contributed by atoms with Crippen LogP contribution in [-0.4, -0.2) is 44.8 Å². The molecule has 0 N–H and O–H groups in total. The third-order valence-electron chi connectivity index (χ3n) is 8.11. The van der Waals surface area contributed by atoms with Crippen LogP contribution >= 0.6 is 0 Å². The van der Waals surface area contributed by atoms with Crippen molar-refractivity contribution >= 4 is 21.1 Å². The third-order valence-corrected chi connectivity index (χ3v) is 12.1. The van der Waals surface area contributed by atoms with Crippen molar-refractivity contribution in [1.29, 1.82) is 0 Å². The van der Waals surface area contributed by atoms with E-state index in [-0.39, 0.29) is 12.1 Å². The zero-order chi connectivity index (χ0) is 26.0. The van der Waals surface area contributed by atoms with Gasteiger partial charge in [-0.15, -0.1) is 10.2 Å². The van der Waals surface area contributed by atoms with E-state index in [1.165, 1.54) is 7.11 Å². The van der Waals surface area contributed by atoms with Crippen molar-refractivity contribution in [2.24, 2.45) is 0 Å². The molecule has 0 radical (unpaired) electrons. The molecule has 5 rings (SSSR count). The molecule has 198 valence electrons. The van der Waals surface area contributed by atoms with Gasteiger partial charge in [0, 0.05) is 18.6 Å². The Bertz CT molecular complexity index is 1310. The fraction of sp³-hybridized carbons (Fsp3) is 0.481. The second kappa shape index (κ2) is 10.8. The molecular formula is C27H34N4O4S2. The molecule has 2 heterocycles. The molecule has 1 aromatic heterocycles. The van der Waals surface area contributed by atoms with E-state index < -0.39 is 31.1 Å². The first-order valence-corrected chi connectivity index (χ1v) is 15.4. The molecule has 2 fully saturated rings. The topological polar surface area (TPSA) is 94.4 Å². The third kappa shape index (κ3) is 5.04. The molecule has 3 aromatic rings. The molecule has 1 aliphatic heterocycles. The lowest BCUT2D eigenvalue weighted by molar-refractivity contribution is 0.279. The summed E-state index contributed by atoms with van der Waals surface area (Å²) in [5, 5.41) is 7.32. The van der Waals surface area contributed by atoms with Gasteiger partial charge in [0.2, 0.25) is 10.0 Å². The smallest absolute Gasteiger partial charge is 0.221 e. The molecule has 10 heteroatoms. The number of sulfonamides is 1. The van der Waals surface area contributed by atoms with Crippen molar-refractivity contribution in [3.8, 4) is 0 Å². The minimum Gasteiger partial charge on any atom is -0.317 e. The fourth-order valence-electron chi connectivity index (χ4n) is 5.92. The summed E-state index contributed by atoms with van der Waals surface area (Å²) in [6.45, 7) is 2.31. The molecule has 37 heavy (non-hydrogen) atoms. The van der Waals surface area contributed by atoms with Crippen molar-refractivity contribution in [2.45, 2.75) is 74.1 Å². The minimum absolute atomic E-state index is 0.0649. The van der Waals surface area contributed by atoms with E-state index >= 15 is 0 Å².